The summed E-state index contributed by atoms with van der Waals surface area (Å²) >= 11 is 0. The molecule has 2 saturated carbocycles. The van der Waals surface area contributed by atoms with Crippen LogP contribution in [0.1, 0.15) is 13.3 Å². The van der Waals surface area contributed by atoms with Gasteiger partial charge in [-0.05, 0) is 61.3 Å². The van der Waals surface area contributed by atoms with Gasteiger partial charge in [-0.3, -0.25) is 19.3 Å². The Kier molecular flexibility index (Phi) is 3.18. The minimum Gasteiger partial charge on any atom is -0.324 e. The van der Waals surface area contributed by atoms with Crippen molar-refractivity contribution in [2.45, 2.75) is 19.4 Å². The quantitative estimate of drug-likeness (QED) is 0.668. The first kappa shape index (κ1) is 15.7. The lowest BCUT2D eigenvalue weighted by Gasteiger charge is -2.37. The molecule has 7 atom stereocenters. The fourth-order valence-corrected chi connectivity index (χ4v) is 5.26. The highest BCUT2D eigenvalue weighted by Crippen LogP contribution is 2.65. The SMILES string of the molecule is C[C@H](C(=O)Nc1ccc(F)cc1)N1C(=O)[C@@H]2[C@H]3C=C[C@@H]([C@@H]4C[C@@H]34)[C@@H]2C1=O. The molecule has 1 aromatic rings. The average Bonchev–Trinajstić information content (AvgIpc) is 3.41. The Morgan fingerprint density at radius 1 is 1.08 bits per heavy atom. The highest BCUT2D eigenvalue weighted by atomic mass is 19.1. The molecule has 2 bridgehead atoms. The summed E-state index contributed by atoms with van der Waals surface area (Å²) in [4.78, 5) is 39.7. The van der Waals surface area contributed by atoms with Crippen molar-refractivity contribution in [2.75, 3.05) is 5.32 Å². The number of nitrogens with one attached hydrogen (secondary N) is 1. The maximum atomic E-state index is 13.0. The molecule has 0 spiro atoms. The standard InChI is InChI=1S/C20H19FN2O3/c1-9(18(24)22-11-4-2-10(21)3-5-11)23-19(25)16-12-6-7-13(15-8-14(12)15)17(16)20(23)26/h2-7,9,12-17H,8H2,1H3,(H,22,24)/t9-,12+,13+,14+,15+,16-,17+/m1/s1. The van der Waals surface area contributed by atoms with Crippen molar-refractivity contribution < 1.29 is 18.8 Å². The van der Waals surface area contributed by atoms with Gasteiger partial charge >= 0.3 is 0 Å². The highest BCUT2D eigenvalue weighted by molar-refractivity contribution is 6.10. The zero-order valence-corrected chi connectivity index (χ0v) is 14.3. The number of nitrogens with zero attached hydrogens (tertiary/aromatic N) is 1. The van der Waals surface area contributed by atoms with Gasteiger partial charge in [0, 0.05) is 5.69 Å². The van der Waals surface area contributed by atoms with Gasteiger partial charge in [-0.1, -0.05) is 12.2 Å². The second-order valence-corrected chi connectivity index (χ2v) is 7.87. The summed E-state index contributed by atoms with van der Waals surface area (Å²) in [5.74, 6) is -0.526. The van der Waals surface area contributed by atoms with Crippen LogP contribution >= 0.6 is 0 Å². The number of hydrogen-bond acceptors (Lipinski definition) is 3. The molecule has 0 aromatic heterocycles. The van der Waals surface area contributed by atoms with Crippen LogP contribution in [0.4, 0.5) is 10.1 Å². The zero-order chi connectivity index (χ0) is 18.2. The second kappa shape index (κ2) is 5.25. The lowest BCUT2D eigenvalue weighted by molar-refractivity contribution is -0.146. The van der Waals surface area contributed by atoms with Crippen LogP contribution in [0.3, 0.4) is 0 Å². The van der Waals surface area contributed by atoms with E-state index in [1.165, 1.54) is 24.3 Å². The fraction of sp³-hybridized carbons (Fsp3) is 0.450. The molecule has 1 N–H and O–H groups in total. The van der Waals surface area contributed by atoms with E-state index in [1.807, 2.05) is 0 Å². The van der Waals surface area contributed by atoms with Crippen molar-refractivity contribution >= 4 is 23.4 Å². The molecule has 6 rings (SSSR count). The van der Waals surface area contributed by atoms with Gasteiger partial charge < -0.3 is 5.32 Å². The van der Waals surface area contributed by atoms with Crippen molar-refractivity contribution in [1.29, 1.82) is 0 Å². The molecule has 0 unspecified atom stereocenters. The molecule has 3 amide bonds. The van der Waals surface area contributed by atoms with Gasteiger partial charge in [0.25, 0.3) is 0 Å². The third kappa shape index (κ3) is 2.04. The van der Waals surface area contributed by atoms with E-state index in [-0.39, 0.29) is 35.5 Å². The van der Waals surface area contributed by atoms with Crippen LogP contribution in [-0.2, 0) is 14.4 Å². The second-order valence-electron chi connectivity index (χ2n) is 7.87. The van der Waals surface area contributed by atoms with E-state index < -0.39 is 17.8 Å². The molecular formula is C20H19FN2O3. The van der Waals surface area contributed by atoms with E-state index in [0.29, 0.717) is 17.5 Å². The molecule has 0 radical (unpaired) electrons. The van der Waals surface area contributed by atoms with Crippen LogP contribution in [0.15, 0.2) is 36.4 Å². The first-order valence-electron chi connectivity index (χ1n) is 9.09. The molecule has 5 nitrogen and oxygen atoms in total. The average molecular weight is 354 g/mol. The van der Waals surface area contributed by atoms with Crippen LogP contribution in [0.5, 0.6) is 0 Å². The summed E-state index contributed by atoms with van der Waals surface area (Å²) in [6.07, 6.45) is 5.33. The highest BCUT2D eigenvalue weighted by Gasteiger charge is 2.67. The summed E-state index contributed by atoms with van der Waals surface area (Å²) in [5, 5.41) is 2.66. The summed E-state index contributed by atoms with van der Waals surface area (Å²) in [5.41, 5.74) is 0.433. The van der Waals surface area contributed by atoms with Gasteiger partial charge in [-0.25, -0.2) is 4.39 Å². The number of allylic oxidation sites excluding steroid dienone is 2. The molecule has 26 heavy (non-hydrogen) atoms. The number of anilines is 1. The number of benzene rings is 1. The predicted molar refractivity (Wildman–Crippen MR) is 91.0 cm³/mol. The van der Waals surface area contributed by atoms with E-state index in [2.05, 4.69) is 17.5 Å². The van der Waals surface area contributed by atoms with Gasteiger partial charge in [0.15, 0.2) is 0 Å². The third-order valence-electron chi connectivity index (χ3n) is 6.58. The number of halogens is 1. The number of carbonyl (C=O) groups is 3. The van der Waals surface area contributed by atoms with Gasteiger partial charge in [0.2, 0.25) is 17.7 Å². The number of rotatable bonds is 3. The molecule has 3 fully saturated rings. The lowest BCUT2D eigenvalue weighted by atomic mass is 9.63. The van der Waals surface area contributed by atoms with Crippen LogP contribution in [0.2, 0.25) is 0 Å². The van der Waals surface area contributed by atoms with Gasteiger partial charge in [-0.15, -0.1) is 0 Å². The van der Waals surface area contributed by atoms with Crippen molar-refractivity contribution in [1.82, 2.24) is 4.90 Å². The lowest BCUT2D eigenvalue weighted by Crippen LogP contribution is -2.46. The Balaban J connectivity index is 1.37. The number of hydrogen-bond donors (Lipinski definition) is 1. The maximum absolute atomic E-state index is 13.0. The number of amides is 3. The monoisotopic (exact) mass is 354 g/mol. The maximum Gasteiger partial charge on any atom is 0.247 e. The van der Waals surface area contributed by atoms with Gasteiger partial charge in [-0.2, -0.15) is 0 Å². The number of likely N-dealkylation sites (tertiary alicyclic amines) is 1. The molecule has 4 aliphatic carbocycles. The Labute approximate surface area is 150 Å². The molecule has 1 heterocycles. The summed E-state index contributed by atoms with van der Waals surface area (Å²) in [6, 6.07) is 4.50. The van der Waals surface area contributed by atoms with Crippen LogP contribution in [0.25, 0.3) is 0 Å². The minimum absolute atomic E-state index is 0.142. The fourth-order valence-electron chi connectivity index (χ4n) is 5.26. The Morgan fingerprint density at radius 2 is 1.62 bits per heavy atom. The molecule has 1 saturated heterocycles. The summed E-state index contributed by atoms with van der Waals surface area (Å²) in [6.45, 7) is 1.57. The molecule has 6 heteroatoms. The first-order chi connectivity index (χ1) is 12.5. The first-order valence-corrected chi connectivity index (χ1v) is 9.09. The topological polar surface area (TPSA) is 66.5 Å². The van der Waals surface area contributed by atoms with Crippen LogP contribution in [0, 0.1) is 41.3 Å². The third-order valence-corrected chi connectivity index (χ3v) is 6.58. The van der Waals surface area contributed by atoms with Crippen LogP contribution in [-0.4, -0.2) is 28.7 Å². The number of imide groups is 1. The number of carbonyl (C=O) groups excluding carboxylic acids is 3. The predicted octanol–water partition coefficient (Wildman–Crippen LogP) is 2.21. The van der Waals surface area contributed by atoms with Crippen molar-refractivity contribution in [2.24, 2.45) is 35.5 Å². The Bertz CT molecular complexity index is 813. The van der Waals surface area contributed by atoms with E-state index in [1.54, 1.807) is 6.92 Å². The Hall–Kier alpha value is -2.50. The molecule has 1 aliphatic heterocycles. The molecule has 1 aromatic carbocycles. The van der Waals surface area contributed by atoms with E-state index >= 15 is 0 Å². The van der Waals surface area contributed by atoms with Crippen molar-refractivity contribution in [3.63, 3.8) is 0 Å². The van der Waals surface area contributed by atoms with Crippen molar-refractivity contribution in [3.05, 3.63) is 42.2 Å². The zero-order valence-electron chi connectivity index (χ0n) is 14.3. The smallest absolute Gasteiger partial charge is 0.247 e. The normalized spacial score (nSPS) is 37.4. The largest absolute Gasteiger partial charge is 0.324 e. The van der Waals surface area contributed by atoms with Gasteiger partial charge in [0.05, 0.1) is 11.8 Å². The van der Waals surface area contributed by atoms with Crippen LogP contribution < -0.4 is 5.32 Å². The van der Waals surface area contributed by atoms with Crippen molar-refractivity contribution in [3.8, 4) is 0 Å². The van der Waals surface area contributed by atoms with E-state index in [4.69, 9.17) is 0 Å². The summed E-state index contributed by atoms with van der Waals surface area (Å²) in [7, 11) is 0. The minimum atomic E-state index is -0.888. The Morgan fingerprint density at radius 3 is 2.15 bits per heavy atom. The summed E-state index contributed by atoms with van der Waals surface area (Å²) < 4.78 is 13.0. The molecule has 134 valence electrons. The molecular weight excluding hydrogens is 335 g/mol. The van der Waals surface area contributed by atoms with Gasteiger partial charge in [0.1, 0.15) is 11.9 Å². The molecule has 5 aliphatic rings. The van der Waals surface area contributed by atoms with E-state index in [9.17, 15) is 18.8 Å². The van der Waals surface area contributed by atoms with E-state index in [0.717, 1.165) is 11.3 Å².